The summed E-state index contributed by atoms with van der Waals surface area (Å²) in [5.41, 5.74) is -0.610. The van der Waals surface area contributed by atoms with Crippen LogP contribution in [0.25, 0.3) is 0 Å². The second-order valence-electron chi connectivity index (χ2n) is 4.53. The monoisotopic (exact) mass is 231 g/mol. The van der Waals surface area contributed by atoms with Gasteiger partial charge in [-0.25, -0.2) is 9.59 Å². The summed E-state index contributed by atoms with van der Waals surface area (Å²) >= 11 is 0. The first kappa shape index (κ1) is 14.7. The lowest BCUT2D eigenvalue weighted by Crippen LogP contribution is -2.46. The van der Waals surface area contributed by atoms with E-state index in [-0.39, 0.29) is 0 Å². The van der Waals surface area contributed by atoms with Gasteiger partial charge in [-0.05, 0) is 34.1 Å². The Bertz CT molecular complexity index is 257. The highest BCUT2D eigenvalue weighted by Gasteiger charge is 2.30. The molecule has 0 aliphatic carbocycles. The second kappa shape index (κ2) is 5.72. The smallest absolute Gasteiger partial charge is 0.411 e. The largest absolute Gasteiger partial charge is 0.480 e. The second-order valence-corrected chi connectivity index (χ2v) is 4.53. The van der Waals surface area contributed by atoms with E-state index in [4.69, 9.17) is 9.84 Å². The molecule has 0 radical (unpaired) electrons. The number of carbonyl (C=O) groups is 2. The Hall–Kier alpha value is -1.26. The number of carboxylic acids is 1. The Morgan fingerprint density at radius 2 is 1.81 bits per heavy atom. The first-order valence-corrected chi connectivity index (χ1v) is 5.45. The molecule has 5 nitrogen and oxygen atoms in total. The van der Waals surface area contributed by atoms with Gasteiger partial charge in [0.1, 0.15) is 11.6 Å². The summed E-state index contributed by atoms with van der Waals surface area (Å²) in [5.74, 6) is -1.00. The Labute approximate surface area is 96.4 Å². The minimum atomic E-state index is -1.00. The highest BCUT2D eigenvalue weighted by atomic mass is 16.6. The molecule has 0 saturated carbocycles. The predicted octanol–water partition coefficient (Wildman–Crippen LogP) is 2.11. The maximum Gasteiger partial charge on any atom is 0.411 e. The molecule has 0 aromatic rings. The van der Waals surface area contributed by atoms with Crippen molar-refractivity contribution < 1.29 is 19.4 Å². The molecule has 0 heterocycles. The van der Waals surface area contributed by atoms with Crippen LogP contribution in [0.3, 0.4) is 0 Å². The van der Waals surface area contributed by atoms with Crippen molar-refractivity contribution in [2.45, 2.75) is 52.7 Å². The average Bonchev–Trinajstić information content (AvgIpc) is 2.09. The van der Waals surface area contributed by atoms with Crippen LogP contribution in [0.4, 0.5) is 4.79 Å². The van der Waals surface area contributed by atoms with Crippen molar-refractivity contribution in [2.75, 3.05) is 6.54 Å². The van der Waals surface area contributed by atoms with Crippen molar-refractivity contribution in [3.05, 3.63) is 0 Å². The lowest BCUT2D eigenvalue weighted by molar-refractivity contribution is -0.143. The summed E-state index contributed by atoms with van der Waals surface area (Å²) in [4.78, 5) is 23.9. The van der Waals surface area contributed by atoms with E-state index in [1.807, 2.05) is 0 Å². The van der Waals surface area contributed by atoms with Crippen LogP contribution in [-0.2, 0) is 9.53 Å². The molecule has 5 heteroatoms. The standard InChI is InChI=1S/C11H21NO4/c1-6-8(9(13)14)12(7-2)10(15)16-11(3,4)5/h8H,6-7H2,1-5H3,(H,13,14)/t8-/m0/s1. The number of hydrogen-bond donors (Lipinski definition) is 1. The van der Waals surface area contributed by atoms with E-state index < -0.39 is 23.7 Å². The van der Waals surface area contributed by atoms with E-state index in [1.165, 1.54) is 4.90 Å². The van der Waals surface area contributed by atoms with Crippen LogP contribution in [0, 0.1) is 0 Å². The van der Waals surface area contributed by atoms with Crippen molar-refractivity contribution in [1.29, 1.82) is 0 Å². The number of rotatable bonds is 4. The molecule has 1 amide bonds. The minimum Gasteiger partial charge on any atom is -0.480 e. The minimum absolute atomic E-state index is 0.319. The van der Waals surface area contributed by atoms with Gasteiger partial charge in [0, 0.05) is 6.54 Å². The van der Waals surface area contributed by atoms with Crippen LogP contribution in [0.15, 0.2) is 0 Å². The predicted molar refractivity (Wildman–Crippen MR) is 60.3 cm³/mol. The molecular formula is C11H21NO4. The molecule has 1 atom stereocenters. The fourth-order valence-corrected chi connectivity index (χ4v) is 1.33. The molecule has 94 valence electrons. The number of ether oxygens (including phenoxy) is 1. The van der Waals surface area contributed by atoms with Crippen LogP contribution in [0.1, 0.15) is 41.0 Å². The molecule has 0 aromatic carbocycles. The molecule has 0 spiro atoms. The average molecular weight is 231 g/mol. The number of aliphatic carboxylic acids is 1. The number of nitrogens with zero attached hydrogens (tertiary/aromatic N) is 1. The molecular weight excluding hydrogens is 210 g/mol. The Balaban J connectivity index is 4.71. The number of hydrogen-bond acceptors (Lipinski definition) is 3. The molecule has 0 rings (SSSR count). The molecule has 0 aliphatic heterocycles. The number of carbonyl (C=O) groups excluding carboxylic acids is 1. The zero-order chi connectivity index (χ0) is 12.9. The summed E-state index contributed by atoms with van der Waals surface area (Å²) in [6.07, 6.45) is -0.216. The van der Waals surface area contributed by atoms with Crippen molar-refractivity contribution >= 4 is 12.1 Å². The quantitative estimate of drug-likeness (QED) is 0.804. The fourth-order valence-electron chi connectivity index (χ4n) is 1.33. The summed E-state index contributed by atoms with van der Waals surface area (Å²) in [7, 11) is 0. The van der Waals surface area contributed by atoms with Crippen molar-refractivity contribution in [3.8, 4) is 0 Å². The van der Waals surface area contributed by atoms with E-state index in [0.29, 0.717) is 13.0 Å². The van der Waals surface area contributed by atoms with E-state index >= 15 is 0 Å². The van der Waals surface area contributed by atoms with E-state index in [1.54, 1.807) is 34.6 Å². The van der Waals surface area contributed by atoms with Gasteiger partial charge in [-0.1, -0.05) is 6.92 Å². The molecule has 16 heavy (non-hydrogen) atoms. The summed E-state index contributed by atoms with van der Waals surface area (Å²) in [5, 5.41) is 8.97. The van der Waals surface area contributed by atoms with Gasteiger partial charge in [-0.15, -0.1) is 0 Å². The number of likely N-dealkylation sites (N-methyl/N-ethyl adjacent to an activating group) is 1. The molecule has 0 unspecified atom stereocenters. The Morgan fingerprint density at radius 1 is 1.31 bits per heavy atom. The normalized spacial score (nSPS) is 13.1. The van der Waals surface area contributed by atoms with Gasteiger partial charge >= 0.3 is 12.1 Å². The first-order chi connectivity index (χ1) is 7.22. The van der Waals surface area contributed by atoms with Gasteiger partial charge in [0.2, 0.25) is 0 Å². The van der Waals surface area contributed by atoms with Crippen LogP contribution >= 0.6 is 0 Å². The fraction of sp³-hybridized carbons (Fsp3) is 0.818. The third-order valence-corrected chi connectivity index (χ3v) is 2.02. The molecule has 0 saturated heterocycles. The van der Waals surface area contributed by atoms with Crippen LogP contribution < -0.4 is 0 Å². The van der Waals surface area contributed by atoms with Crippen LogP contribution in [-0.4, -0.2) is 40.3 Å². The maximum atomic E-state index is 11.7. The van der Waals surface area contributed by atoms with Crippen LogP contribution in [0.5, 0.6) is 0 Å². The van der Waals surface area contributed by atoms with Gasteiger partial charge in [-0.3, -0.25) is 4.90 Å². The van der Waals surface area contributed by atoms with Crippen molar-refractivity contribution in [3.63, 3.8) is 0 Å². The van der Waals surface area contributed by atoms with Crippen molar-refractivity contribution in [1.82, 2.24) is 4.90 Å². The Morgan fingerprint density at radius 3 is 2.06 bits per heavy atom. The number of amides is 1. The summed E-state index contributed by atoms with van der Waals surface area (Å²) in [6.45, 7) is 9.03. The summed E-state index contributed by atoms with van der Waals surface area (Å²) < 4.78 is 5.15. The molecule has 0 aromatic heterocycles. The van der Waals surface area contributed by atoms with Gasteiger partial charge < -0.3 is 9.84 Å². The van der Waals surface area contributed by atoms with Gasteiger partial charge in [0.15, 0.2) is 0 Å². The van der Waals surface area contributed by atoms with E-state index in [2.05, 4.69) is 0 Å². The molecule has 0 bridgehead atoms. The van der Waals surface area contributed by atoms with E-state index in [0.717, 1.165) is 0 Å². The third kappa shape index (κ3) is 4.51. The van der Waals surface area contributed by atoms with E-state index in [9.17, 15) is 9.59 Å². The van der Waals surface area contributed by atoms with Crippen molar-refractivity contribution in [2.24, 2.45) is 0 Å². The Kier molecular flexibility index (Phi) is 5.27. The molecule has 1 N–H and O–H groups in total. The van der Waals surface area contributed by atoms with Gasteiger partial charge in [-0.2, -0.15) is 0 Å². The highest BCUT2D eigenvalue weighted by Crippen LogP contribution is 2.13. The maximum absolute atomic E-state index is 11.7. The van der Waals surface area contributed by atoms with Gasteiger partial charge in [0.05, 0.1) is 0 Å². The molecule has 0 aliphatic rings. The topological polar surface area (TPSA) is 66.8 Å². The lowest BCUT2D eigenvalue weighted by atomic mass is 10.2. The van der Waals surface area contributed by atoms with Gasteiger partial charge in [0.25, 0.3) is 0 Å². The summed E-state index contributed by atoms with van der Waals surface area (Å²) in [6, 6.07) is -0.820. The zero-order valence-electron chi connectivity index (χ0n) is 10.6. The number of carboxylic acid groups (broad SMARTS) is 1. The SMILES string of the molecule is CC[C@@H](C(=O)O)N(CC)C(=O)OC(C)(C)C. The lowest BCUT2D eigenvalue weighted by Gasteiger charge is -2.30. The molecule has 0 fully saturated rings. The van der Waals surface area contributed by atoms with Crippen LogP contribution in [0.2, 0.25) is 0 Å². The third-order valence-electron chi connectivity index (χ3n) is 2.02. The zero-order valence-corrected chi connectivity index (χ0v) is 10.6. The highest BCUT2D eigenvalue weighted by molar-refractivity contribution is 5.80. The first-order valence-electron chi connectivity index (χ1n) is 5.45.